The molecule has 30 heavy (non-hydrogen) atoms. The summed E-state index contributed by atoms with van der Waals surface area (Å²) in [4.78, 5) is 0. The number of ether oxygens (including phenoxy) is 4. The van der Waals surface area contributed by atoms with Crippen molar-refractivity contribution < 1.29 is 18.9 Å². The van der Waals surface area contributed by atoms with Gasteiger partial charge in [0.25, 0.3) is 0 Å². The fourth-order valence-electron chi connectivity index (χ4n) is 7.08. The minimum Gasteiger partial charge on any atom is -0.487 e. The SMILES string of the molecule is CC(C)(C)c1ccc(OCC2CO2)c(OCC2CO2)c1C12CC3CC(CC(C3)C1)C2. The molecule has 2 atom stereocenters. The number of benzene rings is 1. The third-order valence-corrected chi connectivity index (χ3v) is 8.14. The first-order valence-electron chi connectivity index (χ1n) is 12.1. The first-order valence-corrected chi connectivity index (χ1v) is 12.1. The maximum Gasteiger partial charge on any atom is 0.165 e. The number of rotatable bonds is 7. The molecule has 4 bridgehead atoms. The van der Waals surface area contributed by atoms with Gasteiger partial charge in [0.2, 0.25) is 0 Å². The molecule has 0 amide bonds. The summed E-state index contributed by atoms with van der Waals surface area (Å²) < 4.78 is 23.8. The summed E-state index contributed by atoms with van der Waals surface area (Å²) in [7, 11) is 0. The van der Waals surface area contributed by atoms with E-state index >= 15 is 0 Å². The quantitative estimate of drug-likeness (QED) is 0.591. The van der Waals surface area contributed by atoms with E-state index in [-0.39, 0.29) is 23.0 Å². The Morgan fingerprint density at radius 2 is 1.40 bits per heavy atom. The number of hydrogen-bond donors (Lipinski definition) is 0. The highest BCUT2D eigenvalue weighted by Crippen LogP contribution is 2.63. The molecular weight excluding hydrogens is 376 g/mol. The maximum absolute atomic E-state index is 6.58. The summed E-state index contributed by atoms with van der Waals surface area (Å²) in [6.45, 7) is 9.91. The van der Waals surface area contributed by atoms with E-state index in [1.165, 1.54) is 49.7 Å². The lowest BCUT2D eigenvalue weighted by molar-refractivity contribution is -0.00743. The van der Waals surface area contributed by atoms with Gasteiger partial charge in [-0.2, -0.15) is 0 Å². The predicted molar refractivity (Wildman–Crippen MR) is 115 cm³/mol. The van der Waals surface area contributed by atoms with Crippen molar-refractivity contribution in [3.63, 3.8) is 0 Å². The fraction of sp³-hybridized carbons (Fsp3) is 0.769. The second kappa shape index (κ2) is 6.87. The van der Waals surface area contributed by atoms with Gasteiger partial charge in [-0.25, -0.2) is 0 Å². The molecule has 2 unspecified atom stereocenters. The van der Waals surface area contributed by atoms with Crippen molar-refractivity contribution in [2.45, 2.75) is 82.3 Å². The molecule has 6 aliphatic rings. The van der Waals surface area contributed by atoms with Crippen LogP contribution in [0.2, 0.25) is 0 Å². The van der Waals surface area contributed by atoms with E-state index in [1.807, 2.05) is 0 Å². The van der Waals surface area contributed by atoms with Crippen molar-refractivity contribution >= 4 is 0 Å². The summed E-state index contributed by atoms with van der Waals surface area (Å²) in [6, 6.07) is 4.48. The van der Waals surface area contributed by atoms with Crippen LogP contribution in [-0.2, 0) is 20.3 Å². The molecule has 4 nitrogen and oxygen atoms in total. The predicted octanol–water partition coefficient (Wildman–Crippen LogP) is 5.01. The van der Waals surface area contributed by atoms with Crippen LogP contribution in [0.4, 0.5) is 0 Å². The second-order valence-corrected chi connectivity index (χ2v) is 11.8. The van der Waals surface area contributed by atoms with Crippen molar-refractivity contribution in [3.8, 4) is 11.5 Å². The van der Waals surface area contributed by atoms with Crippen LogP contribution in [0, 0.1) is 17.8 Å². The molecule has 164 valence electrons. The average molecular weight is 413 g/mol. The van der Waals surface area contributed by atoms with Crippen LogP contribution in [0.1, 0.15) is 70.4 Å². The molecule has 2 heterocycles. The molecule has 1 aromatic carbocycles. The van der Waals surface area contributed by atoms with Crippen molar-refractivity contribution in [2.75, 3.05) is 26.4 Å². The molecule has 4 saturated carbocycles. The lowest BCUT2D eigenvalue weighted by Crippen LogP contribution is -2.49. The molecule has 0 aromatic heterocycles. The molecule has 0 spiro atoms. The molecule has 6 fully saturated rings. The molecule has 2 aliphatic heterocycles. The smallest absolute Gasteiger partial charge is 0.165 e. The summed E-state index contributed by atoms with van der Waals surface area (Å²) in [5, 5.41) is 0. The largest absolute Gasteiger partial charge is 0.487 e. The Morgan fingerprint density at radius 3 is 1.90 bits per heavy atom. The molecule has 0 radical (unpaired) electrons. The Kier molecular flexibility index (Phi) is 4.45. The zero-order valence-electron chi connectivity index (χ0n) is 18.7. The van der Waals surface area contributed by atoms with Gasteiger partial charge in [0.05, 0.1) is 13.2 Å². The van der Waals surface area contributed by atoms with Gasteiger partial charge in [0.15, 0.2) is 11.5 Å². The third kappa shape index (κ3) is 3.54. The van der Waals surface area contributed by atoms with E-state index in [2.05, 4.69) is 32.9 Å². The van der Waals surface area contributed by atoms with E-state index in [1.54, 1.807) is 0 Å². The van der Waals surface area contributed by atoms with Gasteiger partial charge in [0.1, 0.15) is 25.4 Å². The van der Waals surface area contributed by atoms with E-state index in [0.717, 1.165) is 42.5 Å². The monoisotopic (exact) mass is 412 g/mol. The Hall–Kier alpha value is -1.26. The van der Waals surface area contributed by atoms with Gasteiger partial charge in [-0.05, 0) is 73.3 Å². The van der Waals surface area contributed by atoms with Gasteiger partial charge in [-0.15, -0.1) is 0 Å². The van der Waals surface area contributed by atoms with Crippen LogP contribution < -0.4 is 9.47 Å². The standard InChI is InChI=1S/C26H36O4/c1-25(2,3)21-4-5-22(29-14-19-12-27-19)24(30-15-20-13-28-20)23(21)26-9-16-6-17(10-26)8-18(7-16)11-26/h4-5,16-20H,6-15H2,1-3H3. The van der Waals surface area contributed by atoms with Crippen LogP contribution >= 0.6 is 0 Å². The molecule has 4 heteroatoms. The van der Waals surface area contributed by atoms with Crippen LogP contribution in [0.25, 0.3) is 0 Å². The second-order valence-electron chi connectivity index (χ2n) is 11.8. The lowest BCUT2D eigenvalue weighted by atomic mass is 9.47. The normalized spacial score (nSPS) is 38.6. The molecular formula is C26H36O4. The van der Waals surface area contributed by atoms with E-state index in [4.69, 9.17) is 18.9 Å². The van der Waals surface area contributed by atoms with E-state index < -0.39 is 0 Å². The Labute approximate surface area is 180 Å². The first-order chi connectivity index (χ1) is 14.4. The highest BCUT2D eigenvalue weighted by atomic mass is 16.6. The van der Waals surface area contributed by atoms with Crippen LogP contribution in [0.3, 0.4) is 0 Å². The van der Waals surface area contributed by atoms with Crippen LogP contribution in [0.5, 0.6) is 11.5 Å². The summed E-state index contributed by atoms with van der Waals surface area (Å²) in [5.74, 6) is 4.61. The van der Waals surface area contributed by atoms with Crippen LogP contribution in [-0.4, -0.2) is 38.6 Å². The zero-order valence-corrected chi connectivity index (χ0v) is 18.7. The highest BCUT2D eigenvalue weighted by molar-refractivity contribution is 5.57. The Morgan fingerprint density at radius 1 is 0.867 bits per heavy atom. The molecule has 2 saturated heterocycles. The Balaban J connectivity index is 1.46. The highest BCUT2D eigenvalue weighted by Gasteiger charge is 2.54. The van der Waals surface area contributed by atoms with E-state index in [9.17, 15) is 0 Å². The number of epoxide rings is 2. The summed E-state index contributed by atoms with van der Waals surface area (Å²) in [6.07, 6.45) is 8.82. The average Bonchev–Trinajstić information content (AvgIpc) is 3.58. The minimum atomic E-state index is 0.0744. The zero-order chi connectivity index (χ0) is 20.5. The van der Waals surface area contributed by atoms with Crippen molar-refractivity contribution in [3.05, 3.63) is 23.3 Å². The van der Waals surface area contributed by atoms with Gasteiger partial charge < -0.3 is 18.9 Å². The van der Waals surface area contributed by atoms with Crippen LogP contribution in [0.15, 0.2) is 12.1 Å². The molecule has 0 N–H and O–H groups in total. The van der Waals surface area contributed by atoms with Gasteiger partial charge in [-0.3, -0.25) is 0 Å². The first kappa shape index (κ1) is 19.4. The number of hydrogen-bond acceptors (Lipinski definition) is 4. The lowest BCUT2D eigenvalue weighted by Gasteiger charge is -2.58. The summed E-state index contributed by atoms with van der Waals surface area (Å²) in [5.41, 5.74) is 3.26. The van der Waals surface area contributed by atoms with Crippen molar-refractivity contribution in [1.29, 1.82) is 0 Å². The topological polar surface area (TPSA) is 43.5 Å². The molecule has 4 aliphatic carbocycles. The van der Waals surface area contributed by atoms with Gasteiger partial charge in [-0.1, -0.05) is 26.8 Å². The maximum atomic E-state index is 6.58. The minimum absolute atomic E-state index is 0.0744. The van der Waals surface area contributed by atoms with Gasteiger partial charge in [0, 0.05) is 11.0 Å². The van der Waals surface area contributed by atoms with Crippen molar-refractivity contribution in [2.24, 2.45) is 17.8 Å². The van der Waals surface area contributed by atoms with E-state index in [0.29, 0.717) is 13.2 Å². The fourth-order valence-corrected chi connectivity index (χ4v) is 7.08. The molecule has 7 rings (SSSR count). The summed E-state index contributed by atoms with van der Waals surface area (Å²) >= 11 is 0. The third-order valence-electron chi connectivity index (χ3n) is 8.14. The Bertz CT molecular complexity index is 780. The molecule has 1 aromatic rings. The van der Waals surface area contributed by atoms with Crippen molar-refractivity contribution in [1.82, 2.24) is 0 Å². The van der Waals surface area contributed by atoms with Gasteiger partial charge >= 0.3 is 0 Å².